The molecule has 0 unspecified atom stereocenters. The molecule has 0 radical (unpaired) electrons. The fraction of sp³-hybridized carbons (Fsp3) is 0.261. The number of carbonyl (C=O) groups is 1. The van der Waals surface area contributed by atoms with Crippen molar-refractivity contribution in [3.8, 4) is 5.69 Å². The van der Waals surface area contributed by atoms with Crippen molar-refractivity contribution in [2.75, 3.05) is 13.7 Å². The van der Waals surface area contributed by atoms with Crippen molar-refractivity contribution >= 4 is 23.3 Å². The zero-order chi connectivity index (χ0) is 21.1. The van der Waals surface area contributed by atoms with E-state index in [0.29, 0.717) is 11.7 Å². The quantitative estimate of drug-likeness (QED) is 0.485. The zero-order valence-corrected chi connectivity index (χ0v) is 17.8. The fourth-order valence-electron chi connectivity index (χ4n) is 3.86. The summed E-state index contributed by atoms with van der Waals surface area (Å²) in [6.45, 7) is 2.54. The first-order valence-electron chi connectivity index (χ1n) is 9.87. The number of nitrogens with zero attached hydrogens (tertiary/aromatic N) is 3. The number of thiocarbonyl (C=S) groups is 1. The average molecular weight is 421 g/mol. The van der Waals surface area contributed by atoms with Crippen LogP contribution in [0.4, 0.5) is 0 Å². The van der Waals surface area contributed by atoms with E-state index in [1.54, 1.807) is 6.20 Å². The maximum absolute atomic E-state index is 11.8. The number of pyridine rings is 1. The third kappa shape index (κ3) is 3.93. The second-order valence-electron chi connectivity index (χ2n) is 7.28. The van der Waals surface area contributed by atoms with Crippen LogP contribution in [0.1, 0.15) is 35.5 Å². The van der Waals surface area contributed by atoms with Gasteiger partial charge in [0, 0.05) is 30.3 Å². The molecule has 0 spiro atoms. The molecule has 154 valence electrons. The van der Waals surface area contributed by atoms with Gasteiger partial charge in [-0.1, -0.05) is 23.8 Å². The molecule has 1 aliphatic rings. The second-order valence-corrected chi connectivity index (χ2v) is 7.67. The van der Waals surface area contributed by atoms with Gasteiger partial charge >= 0.3 is 5.97 Å². The SMILES string of the molecule is COC(=O)CCN1C(=S)N[C@H](c2ccccn2)[C@@H]1c1cccn1-c1ccc(C)cc1. The topological polar surface area (TPSA) is 59.4 Å². The van der Waals surface area contributed by atoms with E-state index in [9.17, 15) is 4.79 Å². The minimum atomic E-state index is -0.258. The predicted molar refractivity (Wildman–Crippen MR) is 119 cm³/mol. The van der Waals surface area contributed by atoms with Gasteiger partial charge in [0.1, 0.15) is 0 Å². The molecule has 1 N–H and O–H groups in total. The number of esters is 1. The zero-order valence-electron chi connectivity index (χ0n) is 17.0. The van der Waals surface area contributed by atoms with Crippen LogP contribution in [0.2, 0.25) is 0 Å². The van der Waals surface area contributed by atoms with Crippen molar-refractivity contribution in [3.05, 3.63) is 83.9 Å². The van der Waals surface area contributed by atoms with Crippen LogP contribution in [-0.2, 0) is 9.53 Å². The van der Waals surface area contributed by atoms with Crippen LogP contribution in [0.25, 0.3) is 5.69 Å². The van der Waals surface area contributed by atoms with Gasteiger partial charge in [-0.2, -0.15) is 0 Å². The smallest absolute Gasteiger partial charge is 0.307 e. The lowest BCUT2D eigenvalue weighted by Crippen LogP contribution is -2.32. The molecule has 0 amide bonds. The Hall–Kier alpha value is -3.19. The Morgan fingerprint density at radius 3 is 2.67 bits per heavy atom. The Kier molecular flexibility index (Phi) is 5.81. The lowest BCUT2D eigenvalue weighted by molar-refractivity contribution is -0.140. The number of aryl methyl sites for hydroxylation is 1. The lowest BCUT2D eigenvalue weighted by Gasteiger charge is -2.28. The Bertz CT molecular complexity index is 1030. The Balaban J connectivity index is 1.75. The highest BCUT2D eigenvalue weighted by molar-refractivity contribution is 7.80. The first kappa shape index (κ1) is 20.1. The Labute approximate surface area is 181 Å². The average Bonchev–Trinajstić information content (AvgIpc) is 3.37. The van der Waals surface area contributed by atoms with Gasteiger partial charge < -0.3 is 19.5 Å². The minimum absolute atomic E-state index is 0.117. The van der Waals surface area contributed by atoms with Gasteiger partial charge in [-0.05, 0) is 55.5 Å². The molecule has 7 heteroatoms. The van der Waals surface area contributed by atoms with Crippen LogP contribution < -0.4 is 5.32 Å². The molecule has 0 bridgehead atoms. The van der Waals surface area contributed by atoms with E-state index in [4.69, 9.17) is 17.0 Å². The van der Waals surface area contributed by atoms with Gasteiger partial charge in [-0.15, -0.1) is 0 Å². The number of benzene rings is 1. The molecular formula is C23H24N4O2S. The summed E-state index contributed by atoms with van der Waals surface area (Å²) >= 11 is 5.66. The van der Waals surface area contributed by atoms with Gasteiger partial charge in [-0.25, -0.2) is 0 Å². The minimum Gasteiger partial charge on any atom is -0.469 e. The van der Waals surface area contributed by atoms with Crippen LogP contribution in [0.5, 0.6) is 0 Å². The highest BCUT2D eigenvalue weighted by Crippen LogP contribution is 2.39. The first-order valence-corrected chi connectivity index (χ1v) is 10.3. The maximum atomic E-state index is 11.8. The van der Waals surface area contributed by atoms with Crippen molar-refractivity contribution in [1.29, 1.82) is 0 Å². The number of ether oxygens (including phenoxy) is 1. The number of hydrogen-bond acceptors (Lipinski definition) is 4. The predicted octanol–water partition coefficient (Wildman–Crippen LogP) is 3.72. The van der Waals surface area contributed by atoms with E-state index in [0.717, 1.165) is 17.1 Å². The van der Waals surface area contributed by atoms with Gasteiger partial charge in [-0.3, -0.25) is 9.78 Å². The number of aromatic nitrogens is 2. The van der Waals surface area contributed by atoms with Crippen LogP contribution in [-0.4, -0.2) is 39.2 Å². The standard InChI is InChI=1S/C23H24N4O2S/c1-16-8-10-17(11-9-16)26-14-5-7-19(26)22-21(18-6-3-4-13-24-18)25-23(30)27(22)15-12-20(28)29-2/h3-11,13-14,21-22H,12,15H2,1-2H3,(H,25,30)/t21-,22+/m1/s1. The molecule has 6 nitrogen and oxygen atoms in total. The summed E-state index contributed by atoms with van der Waals surface area (Å²) in [5.41, 5.74) is 4.27. The third-order valence-corrected chi connectivity index (χ3v) is 5.73. The van der Waals surface area contributed by atoms with E-state index in [1.165, 1.54) is 12.7 Å². The summed E-state index contributed by atoms with van der Waals surface area (Å²) in [6.07, 6.45) is 4.09. The summed E-state index contributed by atoms with van der Waals surface area (Å²) in [7, 11) is 1.40. The van der Waals surface area contributed by atoms with E-state index in [-0.39, 0.29) is 24.5 Å². The molecule has 4 rings (SSSR count). The van der Waals surface area contributed by atoms with Crippen LogP contribution >= 0.6 is 12.2 Å². The summed E-state index contributed by atoms with van der Waals surface area (Å²) in [5.74, 6) is -0.258. The van der Waals surface area contributed by atoms with Crippen molar-refractivity contribution in [2.45, 2.75) is 25.4 Å². The Morgan fingerprint density at radius 2 is 1.97 bits per heavy atom. The van der Waals surface area contributed by atoms with E-state index >= 15 is 0 Å². The molecule has 0 saturated carbocycles. The number of rotatable bonds is 6. The van der Waals surface area contributed by atoms with Gasteiger partial charge in [0.2, 0.25) is 0 Å². The molecule has 3 heterocycles. The largest absolute Gasteiger partial charge is 0.469 e. The molecule has 0 aliphatic carbocycles. The van der Waals surface area contributed by atoms with E-state index in [1.807, 2.05) is 24.3 Å². The summed E-state index contributed by atoms with van der Waals surface area (Å²) in [6, 6.07) is 18.2. The number of hydrogen-bond donors (Lipinski definition) is 1. The van der Waals surface area contributed by atoms with Gasteiger partial charge in [0.25, 0.3) is 0 Å². The summed E-state index contributed by atoms with van der Waals surface area (Å²) < 4.78 is 7.01. The second kappa shape index (κ2) is 8.67. The van der Waals surface area contributed by atoms with Gasteiger partial charge in [0.05, 0.1) is 31.3 Å². The molecule has 1 aromatic carbocycles. The number of methoxy groups -OCH3 is 1. The molecule has 3 aromatic rings. The Morgan fingerprint density at radius 1 is 1.17 bits per heavy atom. The van der Waals surface area contributed by atoms with Crippen molar-refractivity contribution < 1.29 is 9.53 Å². The van der Waals surface area contributed by atoms with Crippen LogP contribution in [0, 0.1) is 6.92 Å². The summed E-state index contributed by atoms with van der Waals surface area (Å²) in [5, 5.41) is 4.03. The maximum Gasteiger partial charge on any atom is 0.307 e. The number of nitrogens with one attached hydrogen (secondary N) is 1. The molecule has 30 heavy (non-hydrogen) atoms. The molecule has 1 aliphatic heterocycles. The van der Waals surface area contributed by atoms with Gasteiger partial charge in [0.15, 0.2) is 5.11 Å². The normalized spacial score (nSPS) is 18.3. The highest BCUT2D eigenvalue weighted by atomic mass is 32.1. The fourth-order valence-corrected chi connectivity index (χ4v) is 4.19. The molecule has 2 aromatic heterocycles. The monoisotopic (exact) mass is 420 g/mol. The number of carbonyl (C=O) groups excluding carboxylic acids is 1. The highest BCUT2D eigenvalue weighted by Gasteiger charge is 2.41. The molecule has 1 saturated heterocycles. The molecule has 2 atom stereocenters. The van der Waals surface area contributed by atoms with Crippen molar-refractivity contribution in [3.63, 3.8) is 0 Å². The third-order valence-electron chi connectivity index (χ3n) is 5.38. The first-order chi connectivity index (χ1) is 14.6. The summed E-state index contributed by atoms with van der Waals surface area (Å²) in [4.78, 5) is 18.4. The van der Waals surface area contributed by atoms with Crippen molar-refractivity contribution in [1.82, 2.24) is 19.8 Å². The van der Waals surface area contributed by atoms with Crippen LogP contribution in [0.15, 0.2) is 67.0 Å². The lowest BCUT2D eigenvalue weighted by atomic mass is 10.0. The molecule has 1 fully saturated rings. The molecular weight excluding hydrogens is 396 g/mol. The van der Waals surface area contributed by atoms with E-state index in [2.05, 4.69) is 63.2 Å². The van der Waals surface area contributed by atoms with Crippen LogP contribution in [0.3, 0.4) is 0 Å². The van der Waals surface area contributed by atoms with Crippen molar-refractivity contribution in [2.24, 2.45) is 0 Å². The van der Waals surface area contributed by atoms with E-state index < -0.39 is 0 Å².